The van der Waals surface area contributed by atoms with Gasteiger partial charge in [-0.15, -0.1) is 11.8 Å². The zero-order chi connectivity index (χ0) is 14.4. The van der Waals surface area contributed by atoms with Crippen LogP contribution < -0.4 is 5.32 Å². The molecular formula is C16H21N3S. The smallest absolute Gasteiger partial charge is 0.223 e. The lowest BCUT2D eigenvalue weighted by atomic mass is 10.1. The molecule has 0 atom stereocenters. The van der Waals surface area contributed by atoms with E-state index >= 15 is 0 Å². The summed E-state index contributed by atoms with van der Waals surface area (Å²) in [7, 11) is 0. The summed E-state index contributed by atoms with van der Waals surface area (Å²) >= 11 is 1.75. The minimum absolute atomic E-state index is 0.720. The van der Waals surface area contributed by atoms with Crippen molar-refractivity contribution in [2.45, 2.75) is 38.0 Å². The van der Waals surface area contributed by atoms with Gasteiger partial charge in [-0.3, -0.25) is 0 Å². The highest BCUT2D eigenvalue weighted by Crippen LogP contribution is 2.22. The molecule has 0 spiro atoms. The Kier molecular flexibility index (Phi) is 5.41. The van der Waals surface area contributed by atoms with Crippen LogP contribution in [-0.4, -0.2) is 16.5 Å². The van der Waals surface area contributed by atoms with Crippen LogP contribution in [0.15, 0.2) is 35.5 Å². The first-order valence-electron chi connectivity index (χ1n) is 6.94. The minimum Gasteiger partial charge on any atom is -0.354 e. The van der Waals surface area contributed by atoms with Crippen molar-refractivity contribution in [3.05, 3.63) is 47.2 Å². The first-order valence-corrected chi connectivity index (χ1v) is 7.93. The fourth-order valence-corrected chi connectivity index (χ4v) is 2.84. The third-order valence-corrected chi connectivity index (χ3v) is 3.83. The zero-order valence-corrected chi connectivity index (χ0v) is 13.1. The molecule has 0 fully saturated rings. The van der Waals surface area contributed by atoms with Crippen molar-refractivity contribution in [3.8, 4) is 0 Å². The van der Waals surface area contributed by atoms with Gasteiger partial charge >= 0.3 is 0 Å². The number of nitrogens with one attached hydrogen (secondary N) is 1. The van der Waals surface area contributed by atoms with Crippen LogP contribution in [0.5, 0.6) is 0 Å². The number of anilines is 1. The molecule has 4 heteroatoms. The molecule has 0 bridgehead atoms. The SMILES string of the molecule is CCCNc1nccc(SCc2cc(C)cc(C)c2)n1. The molecule has 0 unspecified atom stereocenters. The predicted molar refractivity (Wildman–Crippen MR) is 86.3 cm³/mol. The molecule has 1 N–H and O–H groups in total. The maximum atomic E-state index is 4.51. The third-order valence-electron chi connectivity index (χ3n) is 2.83. The highest BCUT2D eigenvalue weighted by molar-refractivity contribution is 7.98. The summed E-state index contributed by atoms with van der Waals surface area (Å²) in [6.07, 6.45) is 2.89. The quantitative estimate of drug-likeness (QED) is 0.638. The largest absolute Gasteiger partial charge is 0.354 e. The second-order valence-electron chi connectivity index (χ2n) is 4.93. The van der Waals surface area contributed by atoms with Gasteiger partial charge in [-0.2, -0.15) is 0 Å². The summed E-state index contributed by atoms with van der Waals surface area (Å²) in [5.41, 5.74) is 3.97. The Balaban J connectivity index is 1.99. The van der Waals surface area contributed by atoms with E-state index in [1.807, 2.05) is 12.3 Å². The van der Waals surface area contributed by atoms with Crippen molar-refractivity contribution >= 4 is 17.7 Å². The van der Waals surface area contributed by atoms with Gasteiger partial charge in [0.2, 0.25) is 5.95 Å². The summed E-state index contributed by atoms with van der Waals surface area (Å²) in [6, 6.07) is 8.63. The summed E-state index contributed by atoms with van der Waals surface area (Å²) in [6.45, 7) is 7.31. The van der Waals surface area contributed by atoms with Crippen LogP contribution in [0.3, 0.4) is 0 Å². The van der Waals surface area contributed by atoms with E-state index in [1.165, 1.54) is 16.7 Å². The van der Waals surface area contributed by atoms with Crippen molar-refractivity contribution in [1.29, 1.82) is 0 Å². The molecule has 0 saturated heterocycles. The van der Waals surface area contributed by atoms with Crippen LogP contribution in [0.2, 0.25) is 0 Å². The molecule has 1 aromatic heterocycles. The Morgan fingerprint density at radius 1 is 1.15 bits per heavy atom. The maximum absolute atomic E-state index is 4.51. The van der Waals surface area contributed by atoms with E-state index in [9.17, 15) is 0 Å². The van der Waals surface area contributed by atoms with E-state index in [2.05, 4.69) is 54.3 Å². The maximum Gasteiger partial charge on any atom is 0.223 e. The van der Waals surface area contributed by atoms with Gasteiger partial charge in [0.15, 0.2) is 0 Å². The molecule has 0 aliphatic rings. The molecule has 0 aliphatic heterocycles. The number of hydrogen-bond donors (Lipinski definition) is 1. The Morgan fingerprint density at radius 3 is 2.60 bits per heavy atom. The van der Waals surface area contributed by atoms with Crippen molar-refractivity contribution < 1.29 is 0 Å². The first-order chi connectivity index (χ1) is 9.67. The molecule has 1 aromatic carbocycles. The Bertz CT molecular complexity index is 549. The highest BCUT2D eigenvalue weighted by atomic mass is 32.2. The van der Waals surface area contributed by atoms with E-state index < -0.39 is 0 Å². The zero-order valence-electron chi connectivity index (χ0n) is 12.3. The van der Waals surface area contributed by atoms with Crippen LogP contribution in [-0.2, 0) is 5.75 Å². The Hall–Kier alpha value is -1.55. The fraction of sp³-hybridized carbons (Fsp3) is 0.375. The van der Waals surface area contributed by atoms with E-state index in [0.29, 0.717) is 0 Å². The van der Waals surface area contributed by atoms with E-state index in [-0.39, 0.29) is 0 Å². The van der Waals surface area contributed by atoms with Gasteiger partial charge in [0, 0.05) is 18.5 Å². The summed E-state index contributed by atoms with van der Waals surface area (Å²) in [5.74, 6) is 1.66. The third kappa shape index (κ3) is 4.53. The van der Waals surface area contributed by atoms with Crippen LogP contribution in [0, 0.1) is 13.8 Å². The molecule has 106 valence electrons. The average molecular weight is 287 g/mol. The number of rotatable bonds is 6. The fourth-order valence-electron chi connectivity index (χ4n) is 2.05. The highest BCUT2D eigenvalue weighted by Gasteiger charge is 2.02. The average Bonchev–Trinajstić information content (AvgIpc) is 2.42. The van der Waals surface area contributed by atoms with Gasteiger partial charge in [-0.25, -0.2) is 9.97 Å². The number of hydrogen-bond acceptors (Lipinski definition) is 4. The predicted octanol–water partition coefficient (Wildman–Crippen LogP) is 4.21. The van der Waals surface area contributed by atoms with E-state index in [0.717, 1.165) is 29.7 Å². The standard InChI is InChI=1S/C16H21N3S/c1-4-6-17-16-18-7-5-15(19-16)20-11-14-9-12(2)8-13(3)10-14/h5,7-10H,4,6,11H2,1-3H3,(H,17,18,19). The van der Waals surface area contributed by atoms with Crippen molar-refractivity contribution in [1.82, 2.24) is 9.97 Å². The number of nitrogens with zero attached hydrogens (tertiary/aromatic N) is 2. The number of aryl methyl sites for hydroxylation is 2. The molecule has 1 heterocycles. The Labute approximate surface area is 125 Å². The molecule has 2 rings (SSSR count). The first kappa shape index (κ1) is 14.9. The molecular weight excluding hydrogens is 266 g/mol. The molecule has 20 heavy (non-hydrogen) atoms. The van der Waals surface area contributed by atoms with E-state index in [1.54, 1.807) is 11.8 Å². The molecule has 0 saturated carbocycles. The lowest BCUT2D eigenvalue weighted by Gasteiger charge is -2.06. The van der Waals surface area contributed by atoms with Crippen molar-refractivity contribution in [2.24, 2.45) is 0 Å². The molecule has 2 aromatic rings. The molecule has 0 amide bonds. The Morgan fingerprint density at radius 2 is 1.90 bits per heavy atom. The number of benzene rings is 1. The van der Waals surface area contributed by atoms with Crippen LogP contribution >= 0.6 is 11.8 Å². The summed E-state index contributed by atoms with van der Waals surface area (Å²) in [5, 5.41) is 4.23. The number of aromatic nitrogens is 2. The normalized spacial score (nSPS) is 10.6. The van der Waals surface area contributed by atoms with Gasteiger partial charge in [0.25, 0.3) is 0 Å². The van der Waals surface area contributed by atoms with Gasteiger partial charge in [0.1, 0.15) is 5.03 Å². The van der Waals surface area contributed by atoms with Crippen molar-refractivity contribution in [3.63, 3.8) is 0 Å². The second-order valence-corrected chi connectivity index (χ2v) is 5.93. The van der Waals surface area contributed by atoms with Gasteiger partial charge in [0.05, 0.1) is 0 Å². The molecule has 0 aliphatic carbocycles. The number of thioether (sulfide) groups is 1. The van der Waals surface area contributed by atoms with E-state index in [4.69, 9.17) is 0 Å². The summed E-state index contributed by atoms with van der Waals surface area (Å²) in [4.78, 5) is 8.74. The lowest BCUT2D eigenvalue weighted by Crippen LogP contribution is -2.04. The van der Waals surface area contributed by atoms with Crippen LogP contribution in [0.25, 0.3) is 0 Å². The van der Waals surface area contributed by atoms with Gasteiger partial charge in [-0.05, 0) is 31.9 Å². The van der Waals surface area contributed by atoms with Gasteiger partial charge < -0.3 is 5.32 Å². The second kappa shape index (κ2) is 7.29. The van der Waals surface area contributed by atoms with Crippen molar-refractivity contribution in [2.75, 3.05) is 11.9 Å². The lowest BCUT2D eigenvalue weighted by molar-refractivity contribution is 0.935. The minimum atomic E-state index is 0.720. The summed E-state index contributed by atoms with van der Waals surface area (Å²) < 4.78 is 0. The van der Waals surface area contributed by atoms with Crippen LogP contribution in [0.4, 0.5) is 5.95 Å². The van der Waals surface area contributed by atoms with Gasteiger partial charge in [-0.1, -0.05) is 36.2 Å². The van der Waals surface area contributed by atoms with Crippen LogP contribution in [0.1, 0.15) is 30.0 Å². The monoisotopic (exact) mass is 287 g/mol. The topological polar surface area (TPSA) is 37.8 Å². The molecule has 0 radical (unpaired) electrons. The molecule has 3 nitrogen and oxygen atoms in total.